The Bertz CT molecular complexity index is 1000. The van der Waals surface area contributed by atoms with Gasteiger partial charge in [-0.15, -0.1) is 0 Å². The van der Waals surface area contributed by atoms with Crippen molar-refractivity contribution >= 4 is 17.2 Å². The number of carbonyl (C=O) groups is 1. The minimum Gasteiger partial charge on any atom is -0.493 e. The predicted molar refractivity (Wildman–Crippen MR) is 119 cm³/mol. The molecule has 4 rings (SSSR count). The van der Waals surface area contributed by atoms with E-state index in [1.165, 1.54) is 16.7 Å². The van der Waals surface area contributed by atoms with Gasteiger partial charge >= 0.3 is 0 Å². The number of hydrogen-bond donors (Lipinski definition) is 1. The van der Waals surface area contributed by atoms with E-state index in [1.54, 1.807) is 43.8 Å². The van der Waals surface area contributed by atoms with Gasteiger partial charge in [0.25, 0.3) is 5.91 Å². The minimum absolute atomic E-state index is 0.117. The van der Waals surface area contributed by atoms with Crippen LogP contribution in [0.25, 0.3) is 0 Å². The summed E-state index contributed by atoms with van der Waals surface area (Å²) in [6, 6.07) is 16.1. The number of amides is 1. The van der Waals surface area contributed by atoms with Crippen molar-refractivity contribution in [3.8, 4) is 11.5 Å². The molecule has 1 amide bonds. The molecule has 1 aromatic heterocycles. The van der Waals surface area contributed by atoms with Crippen molar-refractivity contribution in [1.29, 1.82) is 0 Å². The van der Waals surface area contributed by atoms with Crippen LogP contribution >= 0.6 is 11.3 Å². The van der Waals surface area contributed by atoms with E-state index in [9.17, 15) is 4.79 Å². The fraction of sp³-hybridized carbons (Fsp3) is 0.292. The van der Waals surface area contributed by atoms with Gasteiger partial charge in [-0.1, -0.05) is 24.3 Å². The fourth-order valence-corrected chi connectivity index (χ4v) is 4.68. The molecule has 2 aromatic carbocycles. The van der Waals surface area contributed by atoms with Crippen molar-refractivity contribution in [1.82, 2.24) is 10.2 Å². The molecule has 5 nitrogen and oxygen atoms in total. The van der Waals surface area contributed by atoms with Gasteiger partial charge in [-0.05, 0) is 58.1 Å². The Labute approximate surface area is 181 Å². The normalized spacial score (nSPS) is 14.6. The van der Waals surface area contributed by atoms with Gasteiger partial charge in [0.15, 0.2) is 11.5 Å². The van der Waals surface area contributed by atoms with E-state index in [0.29, 0.717) is 23.6 Å². The third kappa shape index (κ3) is 4.35. The molecule has 2 heterocycles. The van der Waals surface area contributed by atoms with Gasteiger partial charge in [-0.25, -0.2) is 0 Å². The number of thiophene rings is 1. The van der Waals surface area contributed by atoms with Crippen LogP contribution in [0.1, 0.15) is 33.1 Å². The Morgan fingerprint density at radius 3 is 2.63 bits per heavy atom. The van der Waals surface area contributed by atoms with E-state index >= 15 is 0 Å². The maximum atomic E-state index is 12.8. The summed E-state index contributed by atoms with van der Waals surface area (Å²) in [5.74, 6) is 1.04. The number of hydrogen-bond acceptors (Lipinski definition) is 5. The second-order valence-corrected chi connectivity index (χ2v) is 8.12. The minimum atomic E-state index is -0.117. The van der Waals surface area contributed by atoms with Gasteiger partial charge in [-0.3, -0.25) is 9.69 Å². The van der Waals surface area contributed by atoms with E-state index < -0.39 is 0 Å². The largest absolute Gasteiger partial charge is 0.493 e. The quantitative estimate of drug-likeness (QED) is 0.617. The second-order valence-electron chi connectivity index (χ2n) is 7.34. The summed E-state index contributed by atoms with van der Waals surface area (Å²) in [6.07, 6.45) is 1.03. The number of nitrogens with zero attached hydrogens (tertiary/aromatic N) is 1. The van der Waals surface area contributed by atoms with Crippen LogP contribution in [0.15, 0.2) is 59.3 Å². The first-order valence-corrected chi connectivity index (χ1v) is 11.0. The Morgan fingerprint density at radius 2 is 1.90 bits per heavy atom. The third-order valence-electron chi connectivity index (χ3n) is 5.63. The monoisotopic (exact) mass is 422 g/mol. The lowest BCUT2D eigenvalue weighted by Crippen LogP contribution is -2.40. The van der Waals surface area contributed by atoms with Crippen LogP contribution in [-0.4, -0.2) is 38.1 Å². The maximum Gasteiger partial charge on any atom is 0.251 e. The lowest BCUT2D eigenvalue weighted by molar-refractivity contribution is 0.0927. The molecule has 1 unspecified atom stereocenters. The molecule has 0 radical (unpaired) electrons. The van der Waals surface area contributed by atoms with E-state index in [0.717, 1.165) is 19.5 Å². The van der Waals surface area contributed by atoms with Crippen molar-refractivity contribution in [2.45, 2.75) is 19.0 Å². The molecule has 1 N–H and O–H groups in total. The van der Waals surface area contributed by atoms with E-state index in [4.69, 9.17) is 9.47 Å². The van der Waals surface area contributed by atoms with Crippen LogP contribution in [0.3, 0.4) is 0 Å². The molecule has 0 saturated heterocycles. The highest BCUT2D eigenvalue weighted by Crippen LogP contribution is 2.30. The van der Waals surface area contributed by atoms with Gasteiger partial charge in [0.1, 0.15) is 0 Å². The number of methoxy groups -OCH3 is 2. The number of fused-ring (bicyclic) bond motifs is 1. The molecule has 0 aliphatic carbocycles. The SMILES string of the molecule is COc1ccc(C(=O)NCC(c2ccsc2)N2CCc3ccccc3C2)cc1OC. The molecular formula is C24H26N2O3S. The molecule has 6 heteroatoms. The zero-order valence-corrected chi connectivity index (χ0v) is 18.1. The molecule has 0 fully saturated rings. The van der Waals surface area contributed by atoms with Crippen molar-refractivity contribution < 1.29 is 14.3 Å². The second kappa shape index (κ2) is 9.32. The van der Waals surface area contributed by atoms with Crippen LogP contribution in [0.4, 0.5) is 0 Å². The molecule has 0 saturated carbocycles. The highest BCUT2D eigenvalue weighted by molar-refractivity contribution is 7.08. The lowest BCUT2D eigenvalue weighted by Gasteiger charge is -2.35. The van der Waals surface area contributed by atoms with Gasteiger partial charge in [0.05, 0.1) is 20.3 Å². The van der Waals surface area contributed by atoms with Gasteiger partial charge in [-0.2, -0.15) is 11.3 Å². The summed E-state index contributed by atoms with van der Waals surface area (Å²) in [6.45, 7) is 2.42. The first-order valence-electron chi connectivity index (χ1n) is 10.0. The summed E-state index contributed by atoms with van der Waals surface area (Å²) in [5, 5.41) is 7.39. The van der Waals surface area contributed by atoms with Gasteiger partial charge in [0.2, 0.25) is 0 Å². The van der Waals surface area contributed by atoms with Crippen LogP contribution in [0.5, 0.6) is 11.5 Å². The number of nitrogens with one attached hydrogen (secondary N) is 1. The smallest absolute Gasteiger partial charge is 0.251 e. The fourth-order valence-electron chi connectivity index (χ4n) is 3.97. The summed E-state index contributed by atoms with van der Waals surface area (Å²) >= 11 is 1.69. The number of benzene rings is 2. The number of rotatable bonds is 7. The van der Waals surface area contributed by atoms with Crippen LogP contribution < -0.4 is 14.8 Å². The maximum absolute atomic E-state index is 12.8. The highest BCUT2D eigenvalue weighted by Gasteiger charge is 2.25. The molecule has 1 aliphatic heterocycles. The molecule has 3 aromatic rings. The zero-order chi connectivity index (χ0) is 20.9. The topological polar surface area (TPSA) is 50.8 Å². The van der Waals surface area contributed by atoms with E-state index in [2.05, 4.69) is 51.3 Å². The zero-order valence-electron chi connectivity index (χ0n) is 17.3. The van der Waals surface area contributed by atoms with E-state index in [-0.39, 0.29) is 11.9 Å². The van der Waals surface area contributed by atoms with Crippen molar-refractivity contribution in [2.24, 2.45) is 0 Å². The average Bonchev–Trinajstić information content (AvgIpc) is 3.33. The van der Waals surface area contributed by atoms with Crippen LogP contribution in [0.2, 0.25) is 0 Å². The summed E-state index contributed by atoms with van der Waals surface area (Å²) in [5.41, 5.74) is 4.59. The van der Waals surface area contributed by atoms with Crippen LogP contribution in [-0.2, 0) is 13.0 Å². The lowest BCUT2D eigenvalue weighted by atomic mass is 9.97. The first-order chi connectivity index (χ1) is 14.7. The first kappa shape index (κ1) is 20.4. The predicted octanol–water partition coefficient (Wildman–Crippen LogP) is 4.29. The van der Waals surface area contributed by atoms with Crippen molar-refractivity contribution in [2.75, 3.05) is 27.3 Å². The molecule has 30 heavy (non-hydrogen) atoms. The number of ether oxygens (including phenoxy) is 2. The van der Waals surface area contributed by atoms with Gasteiger partial charge < -0.3 is 14.8 Å². The van der Waals surface area contributed by atoms with Crippen molar-refractivity contribution in [3.63, 3.8) is 0 Å². The molecular weight excluding hydrogens is 396 g/mol. The highest BCUT2D eigenvalue weighted by atomic mass is 32.1. The molecule has 0 spiro atoms. The Balaban J connectivity index is 1.49. The van der Waals surface area contributed by atoms with E-state index in [1.807, 2.05) is 0 Å². The third-order valence-corrected chi connectivity index (χ3v) is 6.33. The Hall–Kier alpha value is -2.83. The molecule has 1 atom stereocenters. The molecule has 0 bridgehead atoms. The Kier molecular flexibility index (Phi) is 6.35. The summed E-state index contributed by atoms with van der Waals surface area (Å²) in [7, 11) is 3.15. The standard InChI is InChI=1S/C24H26N2O3S/c1-28-22-8-7-18(13-23(22)29-2)24(27)25-14-21(20-10-12-30-16-20)26-11-9-17-5-3-4-6-19(17)15-26/h3-8,10,12-13,16,21H,9,11,14-15H2,1-2H3,(H,25,27). The summed E-state index contributed by atoms with van der Waals surface area (Å²) in [4.78, 5) is 15.3. The van der Waals surface area contributed by atoms with Crippen molar-refractivity contribution in [3.05, 3.63) is 81.5 Å². The Morgan fingerprint density at radius 1 is 1.10 bits per heavy atom. The average molecular weight is 423 g/mol. The molecule has 1 aliphatic rings. The number of carbonyl (C=O) groups excluding carboxylic acids is 1. The van der Waals surface area contributed by atoms with Gasteiger partial charge in [0, 0.05) is 25.2 Å². The molecule has 156 valence electrons. The summed E-state index contributed by atoms with van der Waals surface area (Å²) < 4.78 is 10.6. The van der Waals surface area contributed by atoms with Crippen LogP contribution in [0, 0.1) is 0 Å².